The highest BCUT2D eigenvalue weighted by atomic mass is 79.9. The molecule has 0 aromatic heterocycles. The van der Waals surface area contributed by atoms with Crippen LogP contribution in [0.2, 0.25) is 0 Å². The second-order valence-corrected chi connectivity index (χ2v) is 6.18. The summed E-state index contributed by atoms with van der Waals surface area (Å²) in [6.07, 6.45) is 0.875. The third kappa shape index (κ3) is 4.88. The first-order valence-electron chi connectivity index (χ1n) is 7.33. The summed E-state index contributed by atoms with van der Waals surface area (Å²) in [5.74, 6) is 1.98. The normalized spacial score (nSPS) is 11.8. The van der Waals surface area contributed by atoms with Gasteiger partial charge in [-0.3, -0.25) is 4.79 Å². The Labute approximate surface area is 139 Å². The molecule has 3 nitrogen and oxygen atoms in total. The molecule has 1 unspecified atom stereocenters. The van der Waals surface area contributed by atoms with Crippen LogP contribution in [-0.4, -0.2) is 12.5 Å². The van der Waals surface area contributed by atoms with Crippen molar-refractivity contribution in [3.05, 3.63) is 58.6 Å². The Morgan fingerprint density at radius 2 is 1.86 bits per heavy atom. The second-order valence-electron chi connectivity index (χ2n) is 5.27. The van der Waals surface area contributed by atoms with Crippen molar-refractivity contribution in [3.63, 3.8) is 0 Å². The number of carbonyl (C=O) groups excluding carboxylic acids is 1. The van der Waals surface area contributed by atoms with Gasteiger partial charge >= 0.3 is 0 Å². The molecule has 0 saturated carbocycles. The summed E-state index contributed by atoms with van der Waals surface area (Å²) in [5, 5.41) is 2.84. The zero-order valence-corrected chi connectivity index (χ0v) is 14.4. The van der Waals surface area contributed by atoms with E-state index in [1.54, 1.807) is 0 Å². The van der Waals surface area contributed by atoms with Gasteiger partial charge in [0.15, 0.2) is 0 Å². The number of nitrogens with one attached hydrogen (secondary N) is 1. The average molecular weight is 362 g/mol. The van der Waals surface area contributed by atoms with E-state index in [0.29, 0.717) is 12.5 Å². The molecular formula is C18H20BrNO2. The third-order valence-electron chi connectivity index (χ3n) is 3.44. The average Bonchev–Trinajstić information content (AvgIpc) is 2.49. The van der Waals surface area contributed by atoms with E-state index in [-0.39, 0.29) is 5.91 Å². The van der Waals surface area contributed by atoms with Gasteiger partial charge in [-0.15, -0.1) is 0 Å². The van der Waals surface area contributed by atoms with Crippen molar-refractivity contribution in [3.8, 4) is 11.5 Å². The van der Waals surface area contributed by atoms with Gasteiger partial charge in [0.2, 0.25) is 5.91 Å². The summed E-state index contributed by atoms with van der Waals surface area (Å²) < 4.78 is 7.03. The lowest BCUT2D eigenvalue weighted by Crippen LogP contribution is -2.22. The summed E-state index contributed by atoms with van der Waals surface area (Å²) in [5.41, 5.74) is 1.15. The minimum atomic E-state index is 0.00611. The van der Waals surface area contributed by atoms with Crippen LogP contribution in [0.15, 0.2) is 53.0 Å². The Bertz CT molecular complexity index is 625. The summed E-state index contributed by atoms with van der Waals surface area (Å²) in [6.45, 7) is 4.35. The minimum absolute atomic E-state index is 0.00611. The SMILES string of the molecule is CC(=O)NCCC(C)c1ccccc1Oc1ccc(Br)cc1. The predicted molar refractivity (Wildman–Crippen MR) is 92.4 cm³/mol. The van der Waals surface area contributed by atoms with E-state index >= 15 is 0 Å². The summed E-state index contributed by atoms with van der Waals surface area (Å²) in [7, 11) is 0. The molecule has 22 heavy (non-hydrogen) atoms. The van der Waals surface area contributed by atoms with E-state index in [1.807, 2.05) is 42.5 Å². The van der Waals surface area contributed by atoms with Gasteiger partial charge in [-0.25, -0.2) is 0 Å². The molecule has 0 radical (unpaired) electrons. The number of amides is 1. The molecule has 2 aromatic rings. The van der Waals surface area contributed by atoms with Gasteiger partial charge in [-0.05, 0) is 48.2 Å². The molecule has 2 aromatic carbocycles. The van der Waals surface area contributed by atoms with Crippen LogP contribution in [0.25, 0.3) is 0 Å². The molecule has 1 atom stereocenters. The lowest BCUT2D eigenvalue weighted by molar-refractivity contribution is -0.118. The molecule has 0 aliphatic carbocycles. The smallest absolute Gasteiger partial charge is 0.216 e. The molecule has 0 fully saturated rings. The molecular weight excluding hydrogens is 342 g/mol. The molecule has 2 rings (SSSR count). The lowest BCUT2D eigenvalue weighted by Gasteiger charge is -2.17. The monoisotopic (exact) mass is 361 g/mol. The number of rotatable bonds is 6. The largest absolute Gasteiger partial charge is 0.457 e. The molecule has 0 heterocycles. The van der Waals surface area contributed by atoms with Crippen molar-refractivity contribution >= 4 is 21.8 Å². The number of ether oxygens (including phenoxy) is 1. The van der Waals surface area contributed by atoms with Gasteiger partial charge < -0.3 is 10.1 Å². The van der Waals surface area contributed by atoms with Crippen molar-refractivity contribution in [2.45, 2.75) is 26.2 Å². The van der Waals surface area contributed by atoms with Crippen molar-refractivity contribution in [1.29, 1.82) is 0 Å². The molecule has 0 saturated heterocycles. The maximum absolute atomic E-state index is 11.0. The highest BCUT2D eigenvalue weighted by Crippen LogP contribution is 2.32. The fourth-order valence-electron chi connectivity index (χ4n) is 2.23. The van der Waals surface area contributed by atoms with Gasteiger partial charge in [0.25, 0.3) is 0 Å². The van der Waals surface area contributed by atoms with Gasteiger partial charge in [-0.1, -0.05) is 41.1 Å². The van der Waals surface area contributed by atoms with E-state index in [1.165, 1.54) is 6.92 Å². The maximum Gasteiger partial charge on any atom is 0.216 e. The van der Waals surface area contributed by atoms with E-state index in [9.17, 15) is 4.79 Å². The van der Waals surface area contributed by atoms with E-state index in [2.05, 4.69) is 34.2 Å². The van der Waals surface area contributed by atoms with Crippen LogP contribution >= 0.6 is 15.9 Å². The van der Waals surface area contributed by atoms with Crippen LogP contribution in [0, 0.1) is 0 Å². The van der Waals surface area contributed by atoms with Crippen LogP contribution < -0.4 is 10.1 Å². The molecule has 0 bridgehead atoms. The molecule has 1 amide bonds. The Kier molecular flexibility index (Phi) is 6.01. The summed E-state index contributed by atoms with van der Waals surface area (Å²) >= 11 is 3.42. The van der Waals surface area contributed by atoms with Crippen molar-refractivity contribution in [1.82, 2.24) is 5.32 Å². The van der Waals surface area contributed by atoms with Gasteiger partial charge in [-0.2, -0.15) is 0 Å². The number of para-hydroxylation sites is 1. The predicted octanol–water partition coefficient (Wildman–Crippen LogP) is 4.87. The van der Waals surface area contributed by atoms with Gasteiger partial charge in [0.05, 0.1) is 0 Å². The topological polar surface area (TPSA) is 38.3 Å². The van der Waals surface area contributed by atoms with Gasteiger partial charge in [0, 0.05) is 17.9 Å². The highest BCUT2D eigenvalue weighted by Gasteiger charge is 2.12. The Morgan fingerprint density at radius 1 is 1.18 bits per heavy atom. The molecule has 0 aliphatic heterocycles. The standard InChI is InChI=1S/C18H20BrNO2/c1-13(11-12-20-14(2)21)17-5-3-4-6-18(17)22-16-9-7-15(19)8-10-16/h3-10,13H,11-12H2,1-2H3,(H,20,21). The van der Waals surface area contributed by atoms with Gasteiger partial charge in [0.1, 0.15) is 11.5 Å². The van der Waals surface area contributed by atoms with Crippen LogP contribution in [-0.2, 0) is 4.79 Å². The first-order chi connectivity index (χ1) is 10.6. The molecule has 4 heteroatoms. The van der Waals surface area contributed by atoms with Crippen LogP contribution in [0.1, 0.15) is 31.7 Å². The Morgan fingerprint density at radius 3 is 2.55 bits per heavy atom. The maximum atomic E-state index is 11.0. The van der Waals surface area contributed by atoms with E-state index < -0.39 is 0 Å². The Hall–Kier alpha value is -1.81. The molecule has 0 spiro atoms. The number of carbonyl (C=O) groups is 1. The van der Waals surface area contributed by atoms with E-state index in [0.717, 1.165) is 28.0 Å². The van der Waals surface area contributed by atoms with Crippen molar-refractivity contribution in [2.24, 2.45) is 0 Å². The fourth-order valence-corrected chi connectivity index (χ4v) is 2.49. The summed E-state index contributed by atoms with van der Waals surface area (Å²) in [4.78, 5) is 11.0. The number of benzene rings is 2. The molecule has 0 aliphatic rings. The first-order valence-corrected chi connectivity index (χ1v) is 8.12. The third-order valence-corrected chi connectivity index (χ3v) is 3.97. The second kappa shape index (κ2) is 7.99. The first kappa shape index (κ1) is 16.6. The van der Waals surface area contributed by atoms with Crippen molar-refractivity contribution < 1.29 is 9.53 Å². The van der Waals surface area contributed by atoms with Crippen LogP contribution in [0.3, 0.4) is 0 Å². The highest BCUT2D eigenvalue weighted by molar-refractivity contribution is 9.10. The number of hydrogen-bond acceptors (Lipinski definition) is 2. The zero-order chi connectivity index (χ0) is 15.9. The molecule has 116 valence electrons. The zero-order valence-electron chi connectivity index (χ0n) is 12.8. The number of hydrogen-bond donors (Lipinski definition) is 1. The number of halogens is 1. The fraction of sp³-hybridized carbons (Fsp3) is 0.278. The Balaban J connectivity index is 2.08. The molecule has 1 N–H and O–H groups in total. The minimum Gasteiger partial charge on any atom is -0.457 e. The quantitative estimate of drug-likeness (QED) is 0.796. The summed E-state index contributed by atoms with van der Waals surface area (Å²) in [6, 6.07) is 15.8. The lowest BCUT2D eigenvalue weighted by atomic mass is 9.97. The van der Waals surface area contributed by atoms with E-state index in [4.69, 9.17) is 4.74 Å². The van der Waals surface area contributed by atoms with Crippen molar-refractivity contribution in [2.75, 3.05) is 6.54 Å². The van der Waals surface area contributed by atoms with Crippen LogP contribution in [0.5, 0.6) is 11.5 Å². The van der Waals surface area contributed by atoms with Crippen LogP contribution in [0.4, 0.5) is 0 Å².